The summed E-state index contributed by atoms with van der Waals surface area (Å²) in [5.74, 6) is 0.173. The number of halogens is 3. The highest BCUT2D eigenvalue weighted by Crippen LogP contribution is 2.31. The summed E-state index contributed by atoms with van der Waals surface area (Å²) in [5, 5.41) is 0. The molecule has 0 aliphatic carbocycles. The van der Waals surface area contributed by atoms with Crippen LogP contribution in [0, 0.1) is 0 Å². The summed E-state index contributed by atoms with van der Waals surface area (Å²) in [7, 11) is 1.39. The van der Waals surface area contributed by atoms with Gasteiger partial charge in [-0.1, -0.05) is 15.9 Å². The van der Waals surface area contributed by atoms with Crippen LogP contribution in [0.5, 0.6) is 5.75 Å². The molecule has 1 aromatic carbocycles. The SMILES string of the molecule is COc1cc(C(F)F)cc(C(Br)C(C)=O)c1. The number of methoxy groups -OCH3 is 1. The quantitative estimate of drug-likeness (QED) is 0.792. The molecule has 0 fully saturated rings. The summed E-state index contributed by atoms with van der Waals surface area (Å²) < 4.78 is 30.1. The van der Waals surface area contributed by atoms with Crippen molar-refractivity contribution in [3.8, 4) is 5.75 Å². The second-order valence-corrected chi connectivity index (χ2v) is 4.23. The Morgan fingerprint density at radius 1 is 1.31 bits per heavy atom. The molecular weight excluding hydrogens is 282 g/mol. The fraction of sp³-hybridized carbons (Fsp3) is 0.364. The van der Waals surface area contributed by atoms with Crippen molar-refractivity contribution in [3.05, 3.63) is 29.3 Å². The Morgan fingerprint density at radius 2 is 1.88 bits per heavy atom. The van der Waals surface area contributed by atoms with Gasteiger partial charge < -0.3 is 4.74 Å². The number of benzene rings is 1. The van der Waals surface area contributed by atoms with E-state index in [4.69, 9.17) is 4.74 Å². The molecule has 0 saturated heterocycles. The van der Waals surface area contributed by atoms with Crippen molar-refractivity contribution in [1.82, 2.24) is 0 Å². The maximum atomic E-state index is 12.6. The summed E-state index contributed by atoms with van der Waals surface area (Å²) in [4.78, 5) is 10.6. The molecule has 16 heavy (non-hydrogen) atoms. The zero-order valence-electron chi connectivity index (χ0n) is 8.84. The van der Waals surface area contributed by atoms with E-state index >= 15 is 0 Å². The highest BCUT2D eigenvalue weighted by molar-refractivity contribution is 9.09. The highest BCUT2D eigenvalue weighted by Gasteiger charge is 2.17. The lowest BCUT2D eigenvalue weighted by molar-refractivity contribution is -0.116. The lowest BCUT2D eigenvalue weighted by atomic mass is 10.1. The minimum atomic E-state index is -2.58. The summed E-state index contributed by atoms with van der Waals surface area (Å²) in [5.41, 5.74) is 0.321. The first-order chi connectivity index (χ1) is 7.45. The van der Waals surface area contributed by atoms with E-state index in [0.29, 0.717) is 11.3 Å². The van der Waals surface area contributed by atoms with Gasteiger partial charge in [-0.15, -0.1) is 0 Å². The van der Waals surface area contributed by atoms with Crippen LogP contribution in [-0.2, 0) is 4.79 Å². The normalized spacial score (nSPS) is 12.6. The minimum absolute atomic E-state index is 0.145. The van der Waals surface area contributed by atoms with Crippen LogP contribution < -0.4 is 4.74 Å². The van der Waals surface area contributed by atoms with Crippen molar-refractivity contribution in [3.63, 3.8) is 0 Å². The summed E-state index contributed by atoms with van der Waals surface area (Å²) >= 11 is 3.15. The van der Waals surface area contributed by atoms with Crippen molar-refractivity contribution in [1.29, 1.82) is 0 Å². The zero-order valence-corrected chi connectivity index (χ0v) is 10.4. The standard InChI is InChI=1S/C11H11BrF2O2/c1-6(15)10(12)7-3-8(11(13)14)5-9(4-7)16-2/h3-5,10-11H,1-2H3. The van der Waals surface area contributed by atoms with Gasteiger partial charge in [0.1, 0.15) is 11.5 Å². The molecule has 1 aromatic rings. The van der Waals surface area contributed by atoms with Gasteiger partial charge in [-0.2, -0.15) is 0 Å². The second-order valence-electron chi connectivity index (χ2n) is 3.31. The molecule has 1 unspecified atom stereocenters. The monoisotopic (exact) mass is 292 g/mol. The number of alkyl halides is 3. The third-order valence-corrected chi connectivity index (χ3v) is 3.26. The highest BCUT2D eigenvalue weighted by atomic mass is 79.9. The van der Waals surface area contributed by atoms with Crippen molar-refractivity contribution in [2.45, 2.75) is 18.2 Å². The molecule has 0 spiro atoms. The fourth-order valence-electron chi connectivity index (χ4n) is 1.27. The van der Waals surface area contributed by atoms with E-state index < -0.39 is 11.3 Å². The largest absolute Gasteiger partial charge is 0.497 e. The third-order valence-electron chi connectivity index (χ3n) is 2.09. The number of carbonyl (C=O) groups is 1. The molecule has 0 amide bonds. The van der Waals surface area contributed by atoms with Gasteiger partial charge in [0.05, 0.1) is 11.9 Å². The van der Waals surface area contributed by atoms with E-state index in [1.54, 1.807) is 6.07 Å². The molecule has 0 N–H and O–H groups in total. The number of ketones is 1. The smallest absolute Gasteiger partial charge is 0.263 e. The van der Waals surface area contributed by atoms with Gasteiger partial charge in [-0.05, 0) is 30.7 Å². The second kappa shape index (κ2) is 5.39. The van der Waals surface area contributed by atoms with Gasteiger partial charge in [0.15, 0.2) is 0 Å². The molecule has 5 heteroatoms. The first-order valence-electron chi connectivity index (χ1n) is 4.57. The predicted octanol–water partition coefficient (Wildman–Crippen LogP) is 3.66. The van der Waals surface area contributed by atoms with E-state index in [2.05, 4.69) is 15.9 Å². The van der Waals surface area contributed by atoms with Crippen molar-refractivity contribution >= 4 is 21.7 Å². The van der Waals surface area contributed by atoms with E-state index in [-0.39, 0.29) is 11.3 Å². The molecule has 0 saturated carbocycles. The van der Waals surface area contributed by atoms with Gasteiger partial charge in [0, 0.05) is 5.56 Å². The van der Waals surface area contributed by atoms with E-state index in [0.717, 1.165) is 0 Å². The maximum absolute atomic E-state index is 12.6. The van der Waals surface area contributed by atoms with Gasteiger partial charge in [0.25, 0.3) is 6.43 Å². The number of hydrogen-bond donors (Lipinski definition) is 0. The average Bonchev–Trinajstić information content (AvgIpc) is 2.27. The number of carbonyl (C=O) groups excluding carboxylic acids is 1. The average molecular weight is 293 g/mol. The molecule has 1 rings (SSSR count). The molecule has 88 valence electrons. The number of rotatable bonds is 4. The molecule has 0 aliphatic rings. The van der Waals surface area contributed by atoms with Crippen molar-refractivity contribution in [2.75, 3.05) is 7.11 Å². The van der Waals surface area contributed by atoms with Gasteiger partial charge >= 0.3 is 0 Å². The topological polar surface area (TPSA) is 26.3 Å². The van der Waals surface area contributed by atoms with E-state index in [9.17, 15) is 13.6 Å². The molecule has 0 aromatic heterocycles. The number of Topliss-reactive ketones (excluding diaryl/α,β-unsaturated/α-hetero) is 1. The van der Waals surface area contributed by atoms with E-state index in [1.165, 1.54) is 26.2 Å². The van der Waals surface area contributed by atoms with Gasteiger partial charge in [0.2, 0.25) is 0 Å². The van der Waals surface area contributed by atoms with Crippen LogP contribution in [0.15, 0.2) is 18.2 Å². The zero-order chi connectivity index (χ0) is 12.3. The van der Waals surface area contributed by atoms with Crippen molar-refractivity contribution < 1.29 is 18.3 Å². The minimum Gasteiger partial charge on any atom is -0.497 e. The molecule has 0 aliphatic heterocycles. The number of ether oxygens (including phenoxy) is 1. The summed E-state index contributed by atoms with van der Waals surface area (Å²) in [6.07, 6.45) is -2.58. The molecule has 0 radical (unpaired) electrons. The molecule has 0 bridgehead atoms. The Morgan fingerprint density at radius 3 is 2.31 bits per heavy atom. The molecule has 2 nitrogen and oxygen atoms in total. The fourth-order valence-corrected chi connectivity index (χ4v) is 1.54. The van der Waals surface area contributed by atoms with Crippen LogP contribution in [0.25, 0.3) is 0 Å². The lowest BCUT2D eigenvalue weighted by Crippen LogP contribution is -2.02. The third kappa shape index (κ3) is 3.01. The Kier molecular flexibility index (Phi) is 4.41. The Hall–Kier alpha value is -0.970. The van der Waals surface area contributed by atoms with Gasteiger partial charge in [-0.25, -0.2) is 8.78 Å². The summed E-state index contributed by atoms with van der Waals surface area (Å²) in [6, 6.07) is 4.12. The molecule has 1 atom stereocenters. The first kappa shape index (κ1) is 13.1. The van der Waals surface area contributed by atoms with Crippen LogP contribution in [0.1, 0.15) is 29.3 Å². The van der Waals surface area contributed by atoms with Crippen LogP contribution in [0.2, 0.25) is 0 Å². The first-order valence-corrected chi connectivity index (χ1v) is 5.48. The Balaban J connectivity index is 3.18. The van der Waals surface area contributed by atoms with Crippen LogP contribution >= 0.6 is 15.9 Å². The summed E-state index contributed by atoms with van der Waals surface area (Å²) in [6.45, 7) is 1.39. The Bertz CT molecular complexity index is 394. The number of hydrogen-bond acceptors (Lipinski definition) is 2. The van der Waals surface area contributed by atoms with Gasteiger partial charge in [-0.3, -0.25) is 4.79 Å². The maximum Gasteiger partial charge on any atom is 0.263 e. The van der Waals surface area contributed by atoms with E-state index in [1.807, 2.05) is 0 Å². The van der Waals surface area contributed by atoms with Crippen LogP contribution in [0.3, 0.4) is 0 Å². The Labute approximate surface area is 101 Å². The molecule has 0 heterocycles. The predicted molar refractivity (Wildman–Crippen MR) is 60.3 cm³/mol. The lowest BCUT2D eigenvalue weighted by Gasteiger charge is -2.11. The van der Waals surface area contributed by atoms with Crippen LogP contribution in [0.4, 0.5) is 8.78 Å². The van der Waals surface area contributed by atoms with Crippen LogP contribution in [-0.4, -0.2) is 12.9 Å². The van der Waals surface area contributed by atoms with Crippen molar-refractivity contribution in [2.24, 2.45) is 0 Å². The molecular formula is C11H11BrF2O2.